The van der Waals surface area contributed by atoms with Crippen LogP contribution in [0.25, 0.3) is 0 Å². The summed E-state index contributed by atoms with van der Waals surface area (Å²) >= 11 is 0. The van der Waals surface area contributed by atoms with Gasteiger partial charge in [-0.3, -0.25) is 0 Å². The third kappa shape index (κ3) is 3.12. The Labute approximate surface area is 60.3 Å². The number of carboxylic acid groups (broad SMARTS) is 1. The Morgan fingerprint density at radius 2 is 2.00 bits per heavy atom. The monoisotopic (exact) mass is 144 g/mol. The van der Waals surface area contributed by atoms with Crippen LogP contribution >= 0.6 is 0 Å². The van der Waals surface area contributed by atoms with Gasteiger partial charge < -0.3 is 9.84 Å². The fourth-order valence-corrected chi connectivity index (χ4v) is 0.633. The maximum absolute atomic E-state index is 10.0. The molecule has 0 spiro atoms. The van der Waals surface area contributed by atoms with E-state index < -0.39 is 6.16 Å². The normalized spacial score (nSPS) is 8.70. The van der Waals surface area contributed by atoms with Crippen LogP contribution in [0.3, 0.4) is 0 Å². The van der Waals surface area contributed by atoms with Gasteiger partial charge >= 0.3 is 6.16 Å². The van der Waals surface area contributed by atoms with Crippen LogP contribution in [-0.4, -0.2) is 11.3 Å². The molecule has 0 bridgehead atoms. The molecule has 0 aromatic rings. The van der Waals surface area contributed by atoms with Crippen LogP contribution in [0.2, 0.25) is 0 Å². The number of carbonyl (C=O) groups is 1. The Bertz CT molecular complexity index is 154. The molecule has 0 aliphatic carbocycles. The summed E-state index contributed by atoms with van der Waals surface area (Å²) in [5.74, 6) is 0.535. The summed E-state index contributed by atoms with van der Waals surface area (Å²) in [6, 6.07) is 0. The zero-order valence-corrected chi connectivity index (χ0v) is 6.47. The lowest BCUT2D eigenvalue weighted by molar-refractivity contribution is 0.115. The second-order valence-corrected chi connectivity index (χ2v) is 2.14. The van der Waals surface area contributed by atoms with E-state index in [4.69, 9.17) is 5.11 Å². The second-order valence-electron chi connectivity index (χ2n) is 2.14. The third-order valence-corrected chi connectivity index (χ3v) is 1.09. The van der Waals surface area contributed by atoms with Crippen LogP contribution in [-0.2, 0) is 4.74 Å². The Kier molecular flexibility index (Phi) is 3.54. The molecule has 0 radical (unpaired) electrons. The minimum absolute atomic E-state index is 0.535. The highest BCUT2D eigenvalue weighted by Gasteiger charge is 2.02. The van der Waals surface area contributed by atoms with Crippen LogP contribution in [0.5, 0.6) is 0 Å². The predicted octanol–water partition coefficient (Wildman–Crippen LogP) is 2.38. The molecule has 0 saturated heterocycles. The van der Waals surface area contributed by atoms with E-state index in [-0.39, 0.29) is 0 Å². The standard InChI is InChI=1S/C7H12O3/c1-4-6(5(2)3)10-7(8)9/h4H2,1-3H3,(H,8,9). The first-order valence-corrected chi connectivity index (χ1v) is 3.15. The van der Waals surface area contributed by atoms with Crippen molar-refractivity contribution in [3.63, 3.8) is 0 Å². The summed E-state index contributed by atoms with van der Waals surface area (Å²) in [6.07, 6.45) is -0.618. The molecule has 0 saturated carbocycles. The lowest BCUT2D eigenvalue weighted by atomic mass is 10.2. The van der Waals surface area contributed by atoms with Crippen molar-refractivity contribution in [2.45, 2.75) is 27.2 Å². The second kappa shape index (κ2) is 3.93. The molecule has 10 heavy (non-hydrogen) atoms. The van der Waals surface area contributed by atoms with E-state index in [0.717, 1.165) is 5.57 Å². The van der Waals surface area contributed by atoms with Gasteiger partial charge in [-0.05, 0) is 19.4 Å². The van der Waals surface area contributed by atoms with Gasteiger partial charge in [0.2, 0.25) is 0 Å². The van der Waals surface area contributed by atoms with Crippen LogP contribution in [0.15, 0.2) is 11.3 Å². The molecular formula is C7H12O3. The smallest absolute Gasteiger partial charge is 0.449 e. The highest BCUT2D eigenvalue weighted by Crippen LogP contribution is 2.08. The van der Waals surface area contributed by atoms with Gasteiger partial charge in [-0.2, -0.15) is 0 Å². The van der Waals surface area contributed by atoms with Gasteiger partial charge in [0.15, 0.2) is 0 Å². The van der Waals surface area contributed by atoms with E-state index in [9.17, 15) is 4.79 Å². The van der Waals surface area contributed by atoms with Crippen LogP contribution in [0, 0.1) is 0 Å². The number of allylic oxidation sites excluding steroid dienone is 2. The molecule has 0 fully saturated rings. The van der Waals surface area contributed by atoms with E-state index in [1.807, 2.05) is 20.8 Å². The summed E-state index contributed by atoms with van der Waals surface area (Å²) in [7, 11) is 0. The molecule has 3 heteroatoms. The quantitative estimate of drug-likeness (QED) is 0.478. The van der Waals surface area contributed by atoms with Gasteiger partial charge in [-0.25, -0.2) is 4.79 Å². The predicted molar refractivity (Wildman–Crippen MR) is 37.8 cm³/mol. The molecular weight excluding hydrogens is 132 g/mol. The Hall–Kier alpha value is -0.990. The summed E-state index contributed by atoms with van der Waals surface area (Å²) in [5.41, 5.74) is 0.907. The van der Waals surface area contributed by atoms with Gasteiger partial charge in [0, 0.05) is 6.42 Å². The Morgan fingerprint density at radius 3 is 2.10 bits per heavy atom. The minimum Gasteiger partial charge on any atom is -0.449 e. The average molecular weight is 144 g/mol. The first kappa shape index (κ1) is 9.01. The number of ether oxygens (including phenoxy) is 1. The summed E-state index contributed by atoms with van der Waals surface area (Å²) in [4.78, 5) is 10.0. The first-order valence-electron chi connectivity index (χ1n) is 3.15. The Balaban J connectivity index is 4.11. The fourth-order valence-electron chi connectivity index (χ4n) is 0.633. The molecule has 0 atom stereocenters. The van der Waals surface area contributed by atoms with E-state index in [1.54, 1.807) is 0 Å². The number of rotatable bonds is 2. The molecule has 0 aliphatic rings. The van der Waals surface area contributed by atoms with Crippen LogP contribution in [0.1, 0.15) is 27.2 Å². The molecule has 0 heterocycles. The Morgan fingerprint density at radius 1 is 1.50 bits per heavy atom. The van der Waals surface area contributed by atoms with Crippen molar-refractivity contribution >= 4 is 6.16 Å². The van der Waals surface area contributed by atoms with Crippen molar-refractivity contribution in [1.29, 1.82) is 0 Å². The molecule has 0 unspecified atom stereocenters. The number of hydrogen-bond donors (Lipinski definition) is 1. The minimum atomic E-state index is -1.24. The highest BCUT2D eigenvalue weighted by molar-refractivity contribution is 5.58. The van der Waals surface area contributed by atoms with Crippen molar-refractivity contribution in [3.8, 4) is 0 Å². The van der Waals surface area contributed by atoms with Crippen LogP contribution < -0.4 is 0 Å². The van der Waals surface area contributed by atoms with E-state index >= 15 is 0 Å². The molecule has 0 aromatic carbocycles. The van der Waals surface area contributed by atoms with Crippen molar-refractivity contribution in [3.05, 3.63) is 11.3 Å². The fraction of sp³-hybridized carbons (Fsp3) is 0.571. The molecule has 0 rings (SSSR count). The van der Waals surface area contributed by atoms with Gasteiger partial charge in [0.1, 0.15) is 5.76 Å². The number of hydrogen-bond acceptors (Lipinski definition) is 2. The first-order chi connectivity index (χ1) is 4.57. The molecule has 3 nitrogen and oxygen atoms in total. The lowest BCUT2D eigenvalue weighted by Crippen LogP contribution is -2.00. The van der Waals surface area contributed by atoms with Gasteiger partial charge in [0.25, 0.3) is 0 Å². The zero-order chi connectivity index (χ0) is 8.15. The molecule has 0 aliphatic heterocycles. The molecule has 0 amide bonds. The topological polar surface area (TPSA) is 46.5 Å². The average Bonchev–Trinajstić information content (AvgIpc) is 1.81. The van der Waals surface area contributed by atoms with E-state index in [1.165, 1.54) is 0 Å². The SMILES string of the molecule is CCC(OC(=O)O)=C(C)C. The van der Waals surface area contributed by atoms with E-state index in [0.29, 0.717) is 12.2 Å². The maximum Gasteiger partial charge on any atom is 0.511 e. The molecule has 58 valence electrons. The van der Waals surface area contributed by atoms with Crippen molar-refractivity contribution in [2.24, 2.45) is 0 Å². The van der Waals surface area contributed by atoms with Crippen molar-refractivity contribution in [2.75, 3.05) is 0 Å². The largest absolute Gasteiger partial charge is 0.511 e. The van der Waals surface area contributed by atoms with Crippen LogP contribution in [0.4, 0.5) is 4.79 Å². The highest BCUT2D eigenvalue weighted by atomic mass is 16.7. The summed E-state index contributed by atoms with van der Waals surface area (Å²) < 4.78 is 4.46. The lowest BCUT2D eigenvalue weighted by Gasteiger charge is -2.03. The summed E-state index contributed by atoms with van der Waals surface area (Å²) in [6.45, 7) is 5.49. The summed E-state index contributed by atoms with van der Waals surface area (Å²) in [5, 5.41) is 8.21. The molecule has 0 aromatic heterocycles. The molecule has 1 N–H and O–H groups in total. The maximum atomic E-state index is 10.0. The van der Waals surface area contributed by atoms with Crippen molar-refractivity contribution < 1.29 is 14.6 Å². The van der Waals surface area contributed by atoms with Gasteiger partial charge in [-0.15, -0.1) is 0 Å². The third-order valence-electron chi connectivity index (χ3n) is 1.09. The zero-order valence-electron chi connectivity index (χ0n) is 6.47. The van der Waals surface area contributed by atoms with Crippen molar-refractivity contribution in [1.82, 2.24) is 0 Å². The van der Waals surface area contributed by atoms with Gasteiger partial charge in [-0.1, -0.05) is 6.92 Å². The van der Waals surface area contributed by atoms with E-state index in [2.05, 4.69) is 4.74 Å². The van der Waals surface area contributed by atoms with Gasteiger partial charge in [0.05, 0.1) is 0 Å².